The molecule has 0 N–H and O–H groups in total. The third-order valence-electron chi connectivity index (χ3n) is 4.25. The molecule has 0 saturated heterocycles. The fourth-order valence-corrected chi connectivity index (χ4v) is 3.13. The Morgan fingerprint density at radius 3 is 2.56 bits per heavy atom. The van der Waals surface area contributed by atoms with Gasteiger partial charge in [0, 0.05) is 37.2 Å². The van der Waals surface area contributed by atoms with Gasteiger partial charge in [0.1, 0.15) is 5.60 Å². The van der Waals surface area contributed by atoms with Crippen molar-refractivity contribution in [2.45, 2.75) is 59.0 Å². The molecule has 2 aromatic rings. The predicted octanol–water partition coefficient (Wildman–Crippen LogP) is 5.15. The Bertz CT molecular complexity index is 697. The summed E-state index contributed by atoms with van der Waals surface area (Å²) in [6.45, 7) is 9.34. The minimum absolute atomic E-state index is 0.195. The largest absolute Gasteiger partial charge is 0.444 e. The van der Waals surface area contributed by atoms with Crippen LogP contribution in [0.5, 0.6) is 0 Å². The van der Waals surface area contributed by atoms with Gasteiger partial charge in [-0.25, -0.2) is 4.79 Å². The van der Waals surface area contributed by atoms with Crippen molar-refractivity contribution >= 4 is 17.0 Å². The Morgan fingerprint density at radius 1 is 1.16 bits per heavy atom. The Hall–Kier alpha value is -1.97. The van der Waals surface area contributed by atoms with Gasteiger partial charge in [-0.1, -0.05) is 25.1 Å². The van der Waals surface area contributed by atoms with E-state index in [2.05, 4.69) is 49.0 Å². The van der Waals surface area contributed by atoms with Crippen molar-refractivity contribution in [3.63, 3.8) is 0 Å². The molecule has 4 nitrogen and oxygen atoms in total. The Kier molecular flexibility index (Phi) is 6.51. The second-order valence-electron chi connectivity index (χ2n) is 7.71. The maximum atomic E-state index is 12.3. The lowest BCUT2D eigenvalue weighted by Gasteiger charge is -2.27. The highest BCUT2D eigenvalue weighted by Crippen LogP contribution is 2.22. The zero-order chi connectivity index (χ0) is 18.4. The number of carbonyl (C=O) groups excluding carboxylic acids is 1. The van der Waals surface area contributed by atoms with E-state index < -0.39 is 5.60 Å². The summed E-state index contributed by atoms with van der Waals surface area (Å²) >= 11 is 0. The fraction of sp³-hybridized carbons (Fsp3) is 0.571. The molecule has 1 aromatic heterocycles. The summed E-state index contributed by atoms with van der Waals surface area (Å²) in [7, 11) is 2.09. The number of nitrogens with zero attached hydrogens (tertiary/aromatic N) is 2. The number of amides is 1. The van der Waals surface area contributed by atoms with Crippen LogP contribution in [0.4, 0.5) is 4.79 Å². The van der Waals surface area contributed by atoms with Crippen molar-refractivity contribution in [1.29, 1.82) is 0 Å². The van der Waals surface area contributed by atoms with E-state index in [0.717, 1.165) is 38.8 Å². The quantitative estimate of drug-likeness (QED) is 0.651. The van der Waals surface area contributed by atoms with E-state index in [0.29, 0.717) is 0 Å². The van der Waals surface area contributed by atoms with Crippen LogP contribution in [0.25, 0.3) is 10.9 Å². The van der Waals surface area contributed by atoms with Crippen molar-refractivity contribution in [3.05, 3.63) is 36.0 Å². The van der Waals surface area contributed by atoms with Crippen LogP contribution >= 0.6 is 0 Å². The van der Waals surface area contributed by atoms with Gasteiger partial charge in [0.2, 0.25) is 0 Å². The lowest BCUT2D eigenvalue weighted by molar-refractivity contribution is 0.0247. The molecule has 0 bridgehead atoms. The smallest absolute Gasteiger partial charge is 0.410 e. The first kappa shape index (κ1) is 19.4. The lowest BCUT2D eigenvalue weighted by atomic mass is 10.1. The van der Waals surface area contributed by atoms with Crippen LogP contribution in [-0.2, 0) is 18.2 Å². The molecule has 0 aliphatic carbocycles. The van der Waals surface area contributed by atoms with Crippen LogP contribution in [-0.4, -0.2) is 34.3 Å². The highest BCUT2D eigenvalue weighted by atomic mass is 16.6. The van der Waals surface area contributed by atoms with E-state index in [1.54, 1.807) is 0 Å². The summed E-state index contributed by atoms with van der Waals surface area (Å²) in [4.78, 5) is 14.1. The number of para-hydroxylation sites is 1. The molecule has 4 heteroatoms. The van der Waals surface area contributed by atoms with Gasteiger partial charge < -0.3 is 14.2 Å². The molecule has 25 heavy (non-hydrogen) atoms. The molecule has 0 saturated carbocycles. The van der Waals surface area contributed by atoms with Crippen LogP contribution in [0.15, 0.2) is 30.5 Å². The Balaban J connectivity index is 1.88. The molecule has 1 amide bonds. The van der Waals surface area contributed by atoms with Crippen LogP contribution in [0.1, 0.15) is 52.5 Å². The molecular formula is C21H32N2O2. The molecule has 0 radical (unpaired) electrons. The number of aromatic nitrogens is 1. The maximum Gasteiger partial charge on any atom is 0.410 e. The third kappa shape index (κ3) is 5.52. The zero-order valence-corrected chi connectivity index (χ0v) is 16.3. The molecule has 0 spiro atoms. The Morgan fingerprint density at radius 2 is 1.88 bits per heavy atom. The SMILES string of the molecule is CCCN(CCCCc1cn(C)c2ccccc12)C(=O)OC(C)(C)C. The fourth-order valence-electron chi connectivity index (χ4n) is 3.13. The number of hydrogen-bond acceptors (Lipinski definition) is 2. The zero-order valence-electron chi connectivity index (χ0n) is 16.3. The average Bonchev–Trinajstić information content (AvgIpc) is 2.85. The topological polar surface area (TPSA) is 34.5 Å². The van der Waals surface area contributed by atoms with Crippen molar-refractivity contribution in [2.24, 2.45) is 7.05 Å². The van der Waals surface area contributed by atoms with Crippen LogP contribution in [0, 0.1) is 0 Å². The normalized spacial score (nSPS) is 11.7. The van der Waals surface area contributed by atoms with Crippen molar-refractivity contribution < 1.29 is 9.53 Å². The molecule has 1 heterocycles. The summed E-state index contributed by atoms with van der Waals surface area (Å²) in [5.41, 5.74) is 2.22. The molecule has 0 fully saturated rings. The molecule has 0 unspecified atom stereocenters. The number of hydrogen-bond donors (Lipinski definition) is 0. The molecular weight excluding hydrogens is 312 g/mol. The van der Waals surface area contributed by atoms with Crippen LogP contribution in [0.3, 0.4) is 0 Å². The molecule has 0 atom stereocenters. The standard InChI is InChI=1S/C21H32N2O2/c1-6-14-23(20(24)25-21(2,3)4)15-10-9-11-17-16-22(5)19-13-8-7-12-18(17)19/h7-8,12-13,16H,6,9-11,14-15H2,1-5H3. The van der Waals surface area contributed by atoms with Crippen LogP contribution < -0.4 is 0 Å². The summed E-state index contributed by atoms with van der Waals surface area (Å²) in [5, 5.41) is 1.34. The van der Waals surface area contributed by atoms with Gasteiger partial charge in [0.05, 0.1) is 0 Å². The molecule has 0 aliphatic rings. The first-order valence-electron chi connectivity index (χ1n) is 9.32. The van der Waals surface area contributed by atoms with E-state index in [-0.39, 0.29) is 6.09 Å². The van der Waals surface area contributed by atoms with Gasteiger partial charge in [-0.2, -0.15) is 0 Å². The minimum Gasteiger partial charge on any atom is -0.444 e. The van der Waals surface area contributed by atoms with E-state index in [4.69, 9.17) is 4.74 Å². The van der Waals surface area contributed by atoms with Crippen molar-refractivity contribution in [1.82, 2.24) is 9.47 Å². The number of unbranched alkanes of at least 4 members (excludes halogenated alkanes) is 1. The van der Waals surface area contributed by atoms with Gasteiger partial charge in [-0.3, -0.25) is 0 Å². The first-order chi connectivity index (χ1) is 11.8. The van der Waals surface area contributed by atoms with Gasteiger partial charge in [0.25, 0.3) is 0 Å². The van der Waals surface area contributed by atoms with Gasteiger partial charge in [-0.15, -0.1) is 0 Å². The highest BCUT2D eigenvalue weighted by Gasteiger charge is 2.21. The van der Waals surface area contributed by atoms with Gasteiger partial charge >= 0.3 is 6.09 Å². The second kappa shape index (κ2) is 8.41. The first-order valence-corrected chi connectivity index (χ1v) is 9.32. The molecule has 2 rings (SSSR count). The number of aryl methyl sites for hydroxylation is 2. The van der Waals surface area contributed by atoms with E-state index in [9.17, 15) is 4.79 Å². The third-order valence-corrected chi connectivity index (χ3v) is 4.25. The summed E-state index contributed by atoms with van der Waals surface area (Å²) in [6, 6.07) is 8.52. The summed E-state index contributed by atoms with van der Waals surface area (Å²) < 4.78 is 7.70. The number of ether oxygens (including phenoxy) is 1. The average molecular weight is 344 g/mol. The van der Waals surface area contributed by atoms with E-state index in [1.807, 2.05) is 25.7 Å². The number of benzene rings is 1. The van der Waals surface area contributed by atoms with E-state index in [1.165, 1.54) is 16.5 Å². The van der Waals surface area contributed by atoms with E-state index >= 15 is 0 Å². The molecule has 138 valence electrons. The van der Waals surface area contributed by atoms with Gasteiger partial charge in [0.15, 0.2) is 0 Å². The monoisotopic (exact) mass is 344 g/mol. The number of rotatable bonds is 7. The number of carbonyl (C=O) groups is 1. The molecule has 1 aromatic carbocycles. The van der Waals surface area contributed by atoms with Crippen LogP contribution in [0.2, 0.25) is 0 Å². The second-order valence-corrected chi connectivity index (χ2v) is 7.71. The number of fused-ring (bicyclic) bond motifs is 1. The Labute approximate surface area is 151 Å². The van der Waals surface area contributed by atoms with Crippen molar-refractivity contribution in [3.8, 4) is 0 Å². The minimum atomic E-state index is -0.438. The molecule has 0 aliphatic heterocycles. The highest BCUT2D eigenvalue weighted by molar-refractivity contribution is 5.83. The maximum absolute atomic E-state index is 12.3. The van der Waals surface area contributed by atoms with Crippen molar-refractivity contribution in [2.75, 3.05) is 13.1 Å². The lowest BCUT2D eigenvalue weighted by Crippen LogP contribution is -2.37. The van der Waals surface area contributed by atoms with Gasteiger partial charge in [-0.05, 0) is 58.1 Å². The summed E-state index contributed by atoms with van der Waals surface area (Å²) in [5.74, 6) is 0. The predicted molar refractivity (Wildman–Crippen MR) is 104 cm³/mol. The summed E-state index contributed by atoms with van der Waals surface area (Å²) in [6.07, 6.45) is 6.07.